The molecule has 3 N–H and O–H groups in total. The van der Waals surface area contributed by atoms with Crippen LogP contribution in [0.3, 0.4) is 0 Å². The summed E-state index contributed by atoms with van der Waals surface area (Å²) in [6.07, 6.45) is 1.57. The maximum Gasteiger partial charge on any atom is 0.337 e. The van der Waals surface area contributed by atoms with Crippen molar-refractivity contribution in [3.8, 4) is 5.69 Å². The largest absolute Gasteiger partial charge is 0.478 e. The fourth-order valence-electron chi connectivity index (χ4n) is 2.06. The van der Waals surface area contributed by atoms with E-state index in [-0.39, 0.29) is 5.56 Å². The van der Waals surface area contributed by atoms with Gasteiger partial charge in [0.25, 0.3) is 0 Å². The molecule has 5 heteroatoms. The fraction of sp³-hybridized carbons (Fsp3) is 0.286. The van der Waals surface area contributed by atoms with Crippen LogP contribution in [0.2, 0.25) is 0 Å². The molecule has 0 aliphatic rings. The standard InChI is InChI=1S/C14H17N3O2/c1-3-9-8-10(4-2)17(16-9)13-11(14(18)19)6-5-7-12(13)15/h5-8H,3-4,15H2,1-2H3,(H,18,19). The van der Waals surface area contributed by atoms with Crippen LogP contribution >= 0.6 is 0 Å². The lowest BCUT2D eigenvalue weighted by Crippen LogP contribution is -2.11. The number of aryl methyl sites for hydroxylation is 2. The molecule has 1 aromatic heterocycles. The van der Waals surface area contributed by atoms with E-state index in [0.29, 0.717) is 11.4 Å². The van der Waals surface area contributed by atoms with E-state index in [4.69, 9.17) is 5.73 Å². The highest BCUT2D eigenvalue weighted by Gasteiger charge is 2.17. The Labute approximate surface area is 111 Å². The zero-order valence-corrected chi connectivity index (χ0v) is 11.1. The molecule has 0 saturated carbocycles. The number of aromatic carboxylic acids is 1. The number of anilines is 1. The van der Waals surface area contributed by atoms with Crippen molar-refractivity contribution >= 4 is 11.7 Å². The molecule has 0 atom stereocenters. The number of para-hydroxylation sites is 1. The Kier molecular flexibility index (Phi) is 3.55. The summed E-state index contributed by atoms with van der Waals surface area (Å²) < 4.78 is 1.65. The van der Waals surface area contributed by atoms with Crippen LogP contribution in [0.25, 0.3) is 5.69 Å². The molecule has 0 aliphatic carbocycles. The summed E-state index contributed by atoms with van der Waals surface area (Å²) in [6, 6.07) is 6.85. The van der Waals surface area contributed by atoms with Crippen molar-refractivity contribution in [3.63, 3.8) is 0 Å². The first-order chi connectivity index (χ1) is 9.08. The molecular weight excluding hydrogens is 242 g/mol. The number of aromatic nitrogens is 2. The summed E-state index contributed by atoms with van der Waals surface area (Å²) in [4.78, 5) is 11.3. The summed E-state index contributed by atoms with van der Waals surface area (Å²) >= 11 is 0. The highest BCUT2D eigenvalue weighted by Crippen LogP contribution is 2.24. The van der Waals surface area contributed by atoms with Gasteiger partial charge in [0, 0.05) is 5.69 Å². The molecule has 0 saturated heterocycles. The number of hydrogen-bond acceptors (Lipinski definition) is 3. The first-order valence-corrected chi connectivity index (χ1v) is 6.28. The Morgan fingerprint density at radius 1 is 1.37 bits per heavy atom. The molecule has 2 aromatic rings. The molecule has 100 valence electrons. The number of carboxylic acids is 1. The Hall–Kier alpha value is -2.30. The quantitative estimate of drug-likeness (QED) is 0.825. The molecule has 0 aliphatic heterocycles. The van der Waals surface area contributed by atoms with Crippen LogP contribution in [0, 0.1) is 0 Å². The predicted molar refractivity (Wildman–Crippen MR) is 73.7 cm³/mol. The lowest BCUT2D eigenvalue weighted by Gasteiger charge is -2.12. The monoisotopic (exact) mass is 259 g/mol. The predicted octanol–water partition coefficient (Wildman–Crippen LogP) is 2.28. The first-order valence-electron chi connectivity index (χ1n) is 6.28. The third-order valence-corrected chi connectivity index (χ3v) is 3.07. The van der Waals surface area contributed by atoms with Crippen LogP contribution in [0.15, 0.2) is 24.3 Å². The van der Waals surface area contributed by atoms with E-state index < -0.39 is 5.97 Å². The number of nitrogens with two attached hydrogens (primary N) is 1. The second-order valence-corrected chi connectivity index (χ2v) is 4.29. The number of nitrogen functional groups attached to an aromatic ring is 1. The molecule has 5 nitrogen and oxygen atoms in total. The van der Waals surface area contributed by atoms with Gasteiger partial charge in [-0.05, 0) is 31.0 Å². The second kappa shape index (κ2) is 5.14. The number of carbonyl (C=O) groups is 1. The van der Waals surface area contributed by atoms with E-state index in [1.807, 2.05) is 19.9 Å². The van der Waals surface area contributed by atoms with Crippen LogP contribution in [0.4, 0.5) is 5.69 Å². The first kappa shape index (κ1) is 13.1. The summed E-state index contributed by atoms with van der Waals surface area (Å²) in [7, 11) is 0. The highest BCUT2D eigenvalue weighted by atomic mass is 16.4. The molecule has 0 bridgehead atoms. The van der Waals surface area contributed by atoms with Gasteiger partial charge in [-0.15, -0.1) is 0 Å². The van der Waals surface area contributed by atoms with Crippen molar-refractivity contribution in [3.05, 3.63) is 41.2 Å². The Balaban J connectivity index is 2.70. The molecule has 19 heavy (non-hydrogen) atoms. The van der Waals surface area contributed by atoms with Crippen molar-refractivity contribution in [2.75, 3.05) is 5.73 Å². The molecule has 1 heterocycles. The summed E-state index contributed by atoms with van der Waals surface area (Å²) in [5, 5.41) is 13.7. The molecule has 0 fully saturated rings. The van der Waals surface area contributed by atoms with E-state index >= 15 is 0 Å². The molecule has 0 amide bonds. The smallest absolute Gasteiger partial charge is 0.337 e. The zero-order chi connectivity index (χ0) is 14.0. The average Bonchev–Trinajstić information content (AvgIpc) is 2.81. The van der Waals surface area contributed by atoms with Gasteiger partial charge in [-0.25, -0.2) is 9.48 Å². The van der Waals surface area contributed by atoms with Gasteiger partial charge in [0.15, 0.2) is 0 Å². The van der Waals surface area contributed by atoms with E-state index in [9.17, 15) is 9.90 Å². The Morgan fingerprint density at radius 2 is 2.11 bits per heavy atom. The summed E-state index contributed by atoms with van der Waals surface area (Å²) in [5.74, 6) is -1.00. The molecule has 0 spiro atoms. The molecule has 2 rings (SSSR count). The second-order valence-electron chi connectivity index (χ2n) is 4.29. The maximum absolute atomic E-state index is 11.3. The SMILES string of the molecule is CCc1cc(CC)n(-c2c(N)cccc2C(=O)O)n1. The van der Waals surface area contributed by atoms with Gasteiger partial charge in [-0.1, -0.05) is 19.9 Å². The van der Waals surface area contributed by atoms with Gasteiger partial charge in [0.1, 0.15) is 5.69 Å². The molecule has 1 aromatic carbocycles. The minimum absolute atomic E-state index is 0.167. The number of rotatable bonds is 4. The van der Waals surface area contributed by atoms with Gasteiger partial charge in [0.05, 0.1) is 16.9 Å². The van der Waals surface area contributed by atoms with Crippen molar-refractivity contribution in [1.29, 1.82) is 0 Å². The molecule has 0 radical (unpaired) electrons. The number of hydrogen-bond donors (Lipinski definition) is 2. The van der Waals surface area contributed by atoms with Crippen molar-refractivity contribution in [1.82, 2.24) is 9.78 Å². The average molecular weight is 259 g/mol. The van der Waals surface area contributed by atoms with Crippen LogP contribution in [0.1, 0.15) is 35.6 Å². The summed E-state index contributed by atoms with van der Waals surface area (Å²) in [6.45, 7) is 4.02. The normalized spacial score (nSPS) is 10.6. The Morgan fingerprint density at radius 3 is 2.68 bits per heavy atom. The van der Waals surface area contributed by atoms with E-state index in [1.54, 1.807) is 22.9 Å². The zero-order valence-electron chi connectivity index (χ0n) is 11.1. The number of carboxylic acid groups (broad SMARTS) is 1. The van der Waals surface area contributed by atoms with Gasteiger partial charge in [-0.2, -0.15) is 5.10 Å². The van der Waals surface area contributed by atoms with Crippen molar-refractivity contribution < 1.29 is 9.90 Å². The molecular formula is C14H17N3O2. The van der Waals surface area contributed by atoms with Crippen LogP contribution in [-0.2, 0) is 12.8 Å². The van der Waals surface area contributed by atoms with Crippen LogP contribution in [-0.4, -0.2) is 20.9 Å². The maximum atomic E-state index is 11.3. The summed E-state index contributed by atoms with van der Waals surface area (Å²) in [5.41, 5.74) is 8.86. The molecule has 0 unspecified atom stereocenters. The number of benzene rings is 1. The topological polar surface area (TPSA) is 81.1 Å². The van der Waals surface area contributed by atoms with Gasteiger partial charge >= 0.3 is 5.97 Å². The van der Waals surface area contributed by atoms with Crippen LogP contribution in [0.5, 0.6) is 0 Å². The van der Waals surface area contributed by atoms with E-state index in [1.165, 1.54) is 0 Å². The fourth-order valence-corrected chi connectivity index (χ4v) is 2.06. The minimum Gasteiger partial charge on any atom is -0.478 e. The van der Waals surface area contributed by atoms with E-state index in [0.717, 1.165) is 24.2 Å². The lowest BCUT2D eigenvalue weighted by molar-refractivity contribution is 0.0697. The van der Waals surface area contributed by atoms with Crippen molar-refractivity contribution in [2.45, 2.75) is 26.7 Å². The van der Waals surface area contributed by atoms with E-state index in [2.05, 4.69) is 5.10 Å². The number of nitrogens with zero attached hydrogens (tertiary/aromatic N) is 2. The van der Waals surface area contributed by atoms with Crippen LogP contribution < -0.4 is 5.73 Å². The highest BCUT2D eigenvalue weighted by molar-refractivity contribution is 5.94. The lowest BCUT2D eigenvalue weighted by atomic mass is 10.1. The Bertz CT molecular complexity index is 617. The minimum atomic E-state index is -1.00. The van der Waals surface area contributed by atoms with Crippen molar-refractivity contribution in [2.24, 2.45) is 0 Å². The van der Waals surface area contributed by atoms with Gasteiger partial charge in [-0.3, -0.25) is 0 Å². The van der Waals surface area contributed by atoms with Gasteiger partial charge in [0.2, 0.25) is 0 Å². The van der Waals surface area contributed by atoms with Gasteiger partial charge < -0.3 is 10.8 Å². The third-order valence-electron chi connectivity index (χ3n) is 3.07. The third kappa shape index (κ3) is 2.31.